The van der Waals surface area contributed by atoms with Crippen molar-refractivity contribution in [2.45, 2.75) is 6.54 Å². The van der Waals surface area contributed by atoms with Gasteiger partial charge < -0.3 is 15.0 Å². The molecule has 21 heavy (non-hydrogen) atoms. The minimum absolute atomic E-state index is 0.0238. The molecule has 1 amide bonds. The molecule has 0 fully saturated rings. The van der Waals surface area contributed by atoms with E-state index < -0.39 is 0 Å². The molecule has 0 spiro atoms. The number of carbonyl (C=O) groups excluding carboxylic acids is 1. The third-order valence-electron chi connectivity index (χ3n) is 3.50. The van der Waals surface area contributed by atoms with Gasteiger partial charge in [-0.25, -0.2) is 0 Å². The summed E-state index contributed by atoms with van der Waals surface area (Å²) in [5.41, 5.74) is 2.71. The molecule has 3 rings (SSSR count). The van der Waals surface area contributed by atoms with Crippen molar-refractivity contribution in [3.63, 3.8) is 0 Å². The smallest absolute Gasteiger partial charge is 0.246 e. The monoisotopic (exact) mass is 302 g/mol. The van der Waals surface area contributed by atoms with E-state index in [9.17, 15) is 4.79 Å². The van der Waals surface area contributed by atoms with Gasteiger partial charge in [-0.3, -0.25) is 4.79 Å². The van der Waals surface area contributed by atoms with E-state index in [-0.39, 0.29) is 5.91 Å². The fourth-order valence-corrected chi connectivity index (χ4v) is 2.67. The molecule has 2 aromatic rings. The van der Waals surface area contributed by atoms with Crippen LogP contribution in [0.4, 0.5) is 11.4 Å². The largest absolute Gasteiger partial charge is 0.496 e. The van der Waals surface area contributed by atoms with Crippen molar-refractivity contribution in [1.82, 2.24) is 0 Å². The number of carbonyl (C=O) groups is 1. The predicted molar refractivity (Wildman–Crippen MR) is 84.1 cm³/mol. The number of anilines is 2. The molecule has 1 N–H and O–H groups in total. The molecular formula is C16H15ClN2O2. The number of nitrogens with one attached hydrogen (secondary N) is 1. The third kappa shape index (κ3) is 2.67. The van der Waals surface area contributed by atoms with Gasteiger partial charge in [0.1, 0.15) is 5.75 Å². The molecule has 4 nitrogen and oxygen atoms in total. The Kier molecular flexibility index (Phi) is 3.71. The maximum Gasteiger partial charge on any atom is 0.246 e. The van der Waals surface area contributed by atoms with Crippen LogP contribution in [0.1, 0.15) is 5.56 Å². The average Bonchev–Trinajstić information content (AvgIpc) is 2.50. The molecule has 0 aromatic heterocycles. The summed E-state index contributed by atoms with van der Waals surface area (Å²) in [6.07, 6.45) is 0. The highest BCUT2D eigenvalue weighted by molar-refractivity contribution is 6.30. The second kappa shape index (κ2) is 5.66. The number of benzene rings is 2. The minimum atomic E-state index is 0.0238. The van der Waals surface area contributed by atoms with Crippen LogP contribution in [-0.4, -0.2) is 19.6 Å². The first-order valence-corrected chi connectivity index (χ1v) is 7.02. The molecule has 5 heteroatoms. The summed E-state index contributed by atoms with van der Waals surface area (Å²) in [6.45, 7) is 0.723. The van der Waals surface area contributed by atoms with E-state index in [2.05, 4.69) is 5.32 Å². The van der Waals surface area contributed by atoms with Gasteiger partial charge in [0, 0.05) is 10.6 Å². The van der Waals surface area contributed by atoms with Crippen LogP contribution in [-0.2, 0) is 11.3 Å². The fourth-order valence-electron chi connectivity index (χ4n) is 2.47. The average molecular weight is 303 g/mol. The Morgan fingerprint density at radius 2 is 2.10 bits per heavy atom. The number of hydrogen-bond donors (Lipinski definition) is 1. The highest BCUT2D eigenvalue weighted by Gasteiger charge is 2.24. The first-order chi connectivity index (χ1) is 10.2. The van der Waals surface area contributed by atoms with Gasteiger partial charge in [-0.05, 0) is 30.3 Å². The van der Waals surface area contributed by atoms with Crippen LogP contribution in [0.3, 0.4) is 0 Å². The van der Waals surface area contributed by atoms with Gasteiger partial charge >= 0.3 is 0 Å². The van der Waals surface area contributed by atoms with Crippen molar-refractivity contribution >= 4 is 28.9 Å². The summed E-state index contributed by atoms with van der Waals surface area (Å²) in [5.74, 6) is 0.749. The lowest BCUT2D eigenvalue weighted by Crippen LogP contribution is -2.39. The number of para-hydroxylation sites is 2. The number of amides is 1. The van der Waals surface area contributed by atoms with Gasteiger partial charge in [0.15, 0.2) is 0 Å². The van der Waals surface area contributed by atoms with Crippen LogP contribution in [0.2, 0.25) is 5.02 Å². The molecule has 0 unspecified atom stereocenters. The summed E-state index contributed by atoms with van der Waals surface area (Å²) >= 11 is 6.06. The molecule has 1 aliphatic heterocycles. The van der Waals surface area contributed by atoms with Gasteiger partial charge in [0.05, 0.1) is 31.6 Å². The highest BCUT2D eigenvalue weighted by atomic mass is 35.5. The Morgan fingerprint density at radius 1 is 1.29 bits per heavy atom. The molecule has 0 aliphatic carbocycles. The van der Waals surface area contributed by atoms with Gasteiger partial charge in [0.2, 0.25) is 5.91 Å². The minimum Gasteiger partial charge on any atom is -0.496 e. The number of rotatable bonds is 3. The lowest BCUT2D eigenvalue weighted by Gasteiger charge is -2.30. The number of fused-ring (bicyclic) bond motifs is 1. The van der Waals surface area contributed by atoms with Crippen LogP contribution >= 0.6 is 11.6 Å². The van der Waals surface area contributed by atoms with E-state index >= 15 is 0 Å². The van der Waals surface area contributed by atoms with E-state index in [0.717, 1.165) is 22.7 Å². The Hall–Kier alpha value is -2.20. The topological polar surface area (TPSA) is 41.6 Å². The van der Waals surface area contributed by atoms with Gasteiger partial charge in [-0.1, -0.05) is 23.7 Å². The standard InChI is InChI=1S/C16H15ClN2O2/c1-21-15-7-6-12(17)8-11(15)10-19-14-5-3-2-4-13(14)18-9-16(19)20/h2-8,18H,9-10H2,1H3. The van der Waals surface area contributed by atoms with Crippen LogP contribution in [0.25, 0.3) is 0 Å². The molecule has 0 saturated heterocycles. The number of halogens is 1. The quantitative estimate of drug-likeness (QED) is 0.946. The van der Waals surface area contributed by atoms with Crippen molar-refractivity contribution in [3.05, 3.63) is 53.1 Å². The van der Waals surface area contributed by atoms with Crippen LogP contribution in [0.15, 0.2) is 42.5 Å². The molecule has 108 valence electrons. The zero-order valence-corrected chi connectivity index (χ0v) is 12.4. The predicted octanol–water partition coefficient (Wildman–Crippen LogP) is 3.31. The maximum absolute atomic E-state index is 12.2. The third-order valence-corrected chi connectivity index (χ3v) is 3.73. The van der Waals surface area contributed by atoms with Crippen LogP contribution in [0.5, 0.6) is 5.75 Å². The van der Waals surface area contributed by atoms with Crippen LogP contribution < -0.4 is 15.0 Å². The first kappa shape index (κ1) is 13.8. The molecule has 0 atom stereocenters. The summed E-state index contributed by atoms with van der Waals surface area (Å²) in [6, 6.07) is 13.2. The van der Waals surface area contributed by atoms with E-state index in [4.69, 9.17) is 16.3 Å². The van der Waals surface area contributed by atoms with Crippen molar-refractivity contribution in [1.29, 1.82) is 0 Å². The molecule has 1 aliphatic rings. The van der Waals surface area contributed by atoms with E-state index in [1.165, 1.54) is 0 Å². The fraction of sp³-hybridized carbons (Fsp3) is 0.188. The van der Waals surface area contributed by atoms with E-state index in [0.29, 0.717) is 18.1 Å². The van der Waals surface area contributed by atoms with Crippen molar-refractivity contribution in [2.75, 3.05) is 23.9 Å². The molecular weight excluding hydrogens is 288 g/mol. The zero-order valence-electron chi connectivity index (χ0n) is 11.6. The Balaban J connectivity index is 1.98. The molecule has 0 radical (unpaired) electrons. The number of methoxy groups -OCH3 is 1. The summed E-state index contributed by atoms with van der Waals surface area (Å²) < 4.78 is 5.35. The normalized spacial score (nSPS) is 13.6. The Labute approximate surface area is 128 Å². The van der Waals surface area contributed by atoms with E-state index in [1.807, 2.05) is 36.4 Å². The van der Waals surface area contributed by atoms with Gasteiger partial charge in [0.25, 0.3) is 0 Å². The number of hydrogen-bond acceptors (Lipinski definition) is 3. The molecule has 0 saturated carbocycles. The van der Waals surface area contributed by atoms with Crippen molar-refractivity contribution in [3.8, 4) is 5.75 Å². The van der Waals surface area contributed by atoms with Crippen molar-refractivity contribution in [2.24, 2.45) is 0 Å². The molecule has 0 bridgehead atoms. The summed E-state index contributed by atoms with van der Waals surface area (Å²) in [4.78, 5) is 14.0. The summed E-state index contributed by atoms with van der Waals surface area (Å²) in [7, 11) is 1.61. The molecule has 1 heterocycles. The van der Waals surface area contributed by atoms with E-state index in [1.54, 1.807) is 18.1 Å². The second-order valence-corrected chi connectivity index (χ2v) is 5.24. The lowest BCUT2D eigenvalue weighted by molar-refractivity contribution is -0.117. The Bertz CT molecular complexity index is 688. The zero-order chi connectivity index (χ0) is 14.8. The first-order valence-electron chi connectivity index (χ1n) is 6.64. The summed E-state index contributed by atoms with van der Waals surface area (Å²) in [5, 5.41) is 3.75. The SMILES string of the molecule is COc1ccc(Cl)cc1CN1C(=O)CNc2ccccc21. The second-order valence-electron chi connectivity index (χ2n) is 4.81. The molecule has 2 aromatic carbocycles. The van der Waals surface area contributed by atoms with Crippen molar-refractivity contribution < 1.29 is 9.53 Å². The van der Waals surface area contributed by atoms with Gasteiger partial charge in [-0.2, -0.15) is 0 Å². The van der Waals surface area contributed by atoms with Crippen LogP contribution in [0, 0.1) is 0 Å². The Morgan fingerprint density at radius 3 is 2.90 bits per heavy atom. The van der Waals surface area contributed by atoms with Gasteiger partial charge in [-0.15, -0.1) is 0 Å². The number of ether oxygens (including phenoxy) is 1. The maximum atomic E-state index is 12.2. The number of nitrogens with zero attached hydrogens (tertiary/aromatic N) is 1. The lowest BCUT2D eigenvalue weighted by atomic mass is 10.1. The highest BCUT2D eigenvalue weighted by Crippen LogP contribution is 2.32.